The van der Waals surface area contributed by atoms with Crippen molar-refractivity contribution in [2.75, 3.05) is 0 Å². The van der Waals surface area contributed by atoms with Crippen molar-refractivity contribution in [3.8, 4) is 0 Å². The smallest absolute Gasteiger partial charge is 0.375 e. The molecule has 0 amide bonds. The first-order chi connectivity index (χ1) is 10.6. The van der Waals surface area contributed by atoms with Crippen LogP contribution in [0.2, 0.25) is 0 Å². The fraction of sp³-hybridized carbons (Fsp3) is 0.333. The van der Waals surface area contributed by atoms with E-state index in [-0.39, 0.29) is 5.82 Å². The summed E-state index contributed by atoms with van der Waals surface area (Å²) in [6.45, 7) is 0. The van der Waals surface area contributed by atoms with E-state index in [1.165, 1.54) is 23.1 Å². The summed E-state index contributed by atoms with van der Waals surface area (Å²) in [5.74, 6) is -0.0152. The van der Waals surface area contributed by atoms with Gasteiger partial charge in [-0.1, -0.05) is 6.07 Å². The molecule has 0 aromatic carbocycles. The first-order valence-corrected chi connectivity index (χ1v) is 7.21. The van der Waals surface area contributed by atoms with Crippen molar-refractivity contribution >= 4 is 11.6 Å². The van der Waals surface area contributed by atoms with Crippen molar-refractivity contribution in [1.29, 1.82) is 0 Å². The van der Waals surface area contributed by atoms with Gasteiger partial charge in [0.05, 0.1) is 12.1 Å². The van der Waals surface area contributed by atoms with Crippen LogP contribution in [0.1, 0.15) is 46.5 Å². The van der Waals surface area contributed by atoms with Crippen molar-refractivity contribution in [3.05, 3.63) is 47.4 Å². The number of aryl methyl sites for hydroxylation is 1. The van der Waals surface area contributed by atoms with Crippen molar-refractivity contribution < 1.29 is 9.90 Å². The largest absolute Gasteiger partial charge is 0.475 e. The molecule has 1 N–H and O–H groups in total. The van der Waals surface area contributed by atoms with Crippen LogP contribution in [-0.4, -0.2) is 35.2 Å². The van der Waals surface area contributed by atoms with Gasteiger partial charge in [0.15, 0.2) is 0 Å². The van der Waals surface area contributed by atoms with Crippen molar-refractivity contribution in [1.82, 2.24) is 24.1 Å². The van der Waals surface area contributed by atoms with E-state index in [0.29, 0.717) is 18.2 Å². The Morgan fingerprint density at radius 2 is 2.14 bits per heavy atom. The van der Waals surface area contributed by atoms with Gasteiger partial charge in [0.1, 0.15) is 11.5 Å². The molecule has 7 heteroatoms. The second kappa shape index (κ2) is 4.66. The summed E-state index contributed by atoms with van der Waals surface area (Å²) < 4.78 is 3.51. The second-order valence-corrected chi connectivity index (χ2v) is 5.69. The summed E-state index contributed by atoms with van der Waals surface area (Å²) in [4.78, 5) is 19.5. The molecule has 0 atom stereocenters. The number of hydrogen-bond donors (Lipinski definition) is 1. The molecule has 112 valence electrons. The SMILES string of the molecule is Cn1nc(C(=O)O)nc1Cc1cn2cc(C3CC3)ccc2n1. The lowest BCUT2D eigenvalue weighted by atomic mass is 10.2. The Kier molecular flexibility index (Phi) is 2.75. The number of carboxylic acids is 1. The number of fused-ring (bicyclic) bond motifs is 1. The standard InChI is InChI=1S/C15H15N5O2/c1-19-13(17-14(18-19)15(21)22)6-11-8-20-7-10(9-2-3-9)4-5-12(20)16-11/h4-5,7-9H,2-3,6H2,1H3,(H,21,22). The molecule has 0 spiro atoms. The van der Waals surface area contributed by atoms with Gasteiger partial charge in [-0.15, -0.1) is 5.10 Å². The maximum Gasteiger partial charge on any atom is 0.375 e. The van der Waals surface area contributed by atoms with E-state index in [0.717, 1.165) is 11.3 Å². The molecule has 1 saturated carbocycles. The van der Waals surface area contributed by atoms with Gasteiger partial charge in [0.2, 0.25) is 0 Å². The van der Waals surface area contributed by atoms with Crippen LogP contribution in [0.25, 0.3) is 5.65 Å². The summed E-state index contributed by atoms with van der Waals surface area (Å²) in [5, 5.41) is 12.8. The maximum absolute atomic E-state index is 10.9. The van der Waals surface area contributed by atoms with Crippen LogP contribution in [0.4, 0.5) is 0 Å². The van der Waals surface area contributed by atoms with Crippen LogP contribution in [-0.2, 0) is 13.5 Å². The van der Waals surface area contributed by atoms with Gasteiger partial charge in [-0.05, 0) is 30.4 Å². The number of pyridine rings is 1. The zero-order chi connectivity index (χ0) is 15.3. The van der Waals surface area contributed by atoms with Gasteiger partial charge in [0, 0.05) is 19.4 Å². The van der Waals surface area contributed by atoms with Crippen LogP contribution in [0.3, 0.4) is 0 Å². The first kappa shape index (κ1) is 13.0. The molecule has 0 radical (unpaired) electrons. The fourth-order valence-electron chi connectivity index (χ4n) is 2.63. The van der Waals surface area contributed by atoms with E-state index < -0.39 is 5.97 Å². The third kappa shape index (κ3) is 2.24. The molecular formula is C15H15N5O2. The van der Waals surface area contributed by atoms with Gasteiger partial charge in [-0.25, -0.2) is 14.8 Å². The van der Waals surface area contributed by atoms with Crippen LogP contribution in [0.15, 0.2) is 24.5 Å². The minimum absolute atomic E-state index is 0.183. The minimum Gasteiger partial charge on any atom is -0.475 e. The fourth-order valence-corrected chi connectivity index (χ4v) is 2.63. The number of imidazole rings is 1. The van der Waals surface area contributed by atoms with Gasteiger partial charge >= 0.3 is 5.97 Å². The first-order valence-electron chi connectivity index (χ1n) is 7.21. The molecule has 3 heterocycles. The number of carboxylic acid groups (broad SMARTS) is 1. The Morgan fingerprint density at radius 1 is 1.32 bits per heavy atom. The summed E-state index contributed by atoms with van der Waals surface area (Å²) >= 11 is 0. The molecule has 22 heavy (non-hydrogen) atoms. The number of hydrogen-bond acceptors (Lipinski definition) is 4. The average molecular weight is 297 g/mol. The van der Waals surface area contributed by atoms with Crippen molar-refractivity contribution in [2.24, 2.45) is 7.05 Å². The van der Waals surface area contributed by atoms with E-state index in [9.17, 15) is 4.79 Å². The van der Waals surface area contributed by atoms with E-state index in [4.69, 9.17) is 5.11 Å². The summed E-state index contributed by atoms with van der Waals surface area (Å²) in [6.07, 6.45) is 7.09. The third-order valence-electron chi connectivity index (χ3n) is 3.96. The Bertz CT molecular complexity index is 875. The Labute approximate surface area is 126 Å². The highest BCUT2D eigenvalue weighted by Crippen LogP contribution is 2.39. The number of nitrogens with zero attached hydrogens (tertiary/aromatic N) is 5. The van der Waals surface area contributed by atoms with Gasteiger partial charge in [-0.2, -0.15) is 0 Å². The second-order valence-electron chi connectivity index (χ2n) is 5.69. The third-order valence-corrected chi connectivity index (χ3v) is 3.96. The predicted molar refractivity (Wildman–Crippen MR) is 77.9 cm³/mol. The van der Waals surface area contributed by atoms with E-state index in [1.54, 1.807) is 7.05 Å². The Hall–Kier alpha value is -2.70. The van der Waals surface area contributed by atoms with Crippen molar-refractivity contribution in [2.45, 2.75) is 25.2 Å². The predicted octanol–water partition coefficient (Wildman–Crippen LogP) is 1.63. The van der Waals surface area contributed by atoms with Crippen LogP contribution >= 0.6 is 0 Å². The normalized spacial score (nSPS) is 14.6. The molecule has 3 aromatic rings. The Morgan fingerprint density at radius 3 is 2.82 bits per heavy atom. The Balaban J connectivity index is 1.65. The van der Waals surface area contributed by atoms with Crippen LogP contribution in [0, 0.1) is 0 Å². The summed E-state index contributed by atoms with van der Waals surface area (Å²) in [7, 11) is 1.69. The number of carbonyl (C=O) groups is 1. The summed E-state index contributed by atoms with van der Waals surface area (Å²) in [6, 6.07) is 4.16. The highest BCUT2D eigenvalue weighted by Gasteiger charge is 2.23. The molecule has 1 aliphatic carbocycles. The molecule has 7 nitrogen and oxygen atoms in total. The molecule has 0 saturated heterocycles. The lowest BCUT2D eigenvalue weighted by Crippen LogP contribution is -2.01. The molecule has 1 fully saturated rings. The quantitative estimate of drug-likeness (QED) is 0.791. The van der Waals surface area contributed by atoms with Crippen LogP contribution in [0.5, 0.6) is 0 Å². The van der Waals surface area contributed by atoms with Gasteiger partial charge in [-0.3, -0.25) is 4.68 Å². The van der Waals surface area contributed by atoms with Crippen LogP contribution < -0.4 is 0 Å². The molecule has 4 rings (SSSR count). The topological polar surface area (TPSA) is 85.3 Å². The monoisotopic (exact) mass is 297 g/mol. The summed E-state index contributed by atoms with van der Waals surface area (Å²) in [5.41, 5.74) is 3.09. The molecule has 1 aliphatic rings. The molecule has 0 bridgehead atoms. The van der Waals surface area contributed by atoms with E-state index in [1.807, 2.05) is 16.7 Å². The highest BCUT2D eigenvalue weighted by atomic mass is 16.4. The van der Waals surface area contributed by atoms with Crippen molar-refractivity contribution in [3.63, 3.8) is 0 Å². The van der Waals surface area contributed by atoms with Gasteiger partial charge in [0.25, 0.3) is 5.82 Å². The number of aromatic nitrogens is 5. The minimum atomic E-state index is -1.12. The number of aromatic carboxylic acids is 1. The molecule has 0 aliphatic heterocycles. The lowest BCUT2D eigenvalue weighted by Gasteiger charge is -1.98. The van der Waals surface area contributed by atoms with E-state index in [2.05, 4.69) is 27.3 Å². The maximum atomic E-state index is 10.9. The molecule has 3 aromatic heterocycles. The van der Waals surface area contributed by atoms with E-state index >= 15 is 0 Å². The zero-order valence-corrected chi connectivity index (χ0v) is 12.1. The lowest BCUT2D eigenvalue weighted by molar-refractivity contribution is 0.0683. The number of rotatable bonds is 4. The van der Waals surface area contributed by atoms with Gasteiger partial charge < -0.3 is 9.51 Å². The molecular weight excluding hydrogens is 282 g/mol. The average Bonchev–Trinajstić information content (AvgIpc) is 3.16. The zero-order valence-electron chi connectivity index (χ0n) is 12.1. The highest BCUT2D eigenvalue weighted by molar-refractivity contribution is 5.82. The molecule has 0 unspecified atom stereocenters.